The van der Waals surface area contributed by atoms with Gasteiger partial charge in [-0.1, -0.05) is 11.6 Å². The second-order valence-electron chi connectivity index (χ2n) is 2.45. The molecule has 0 aliphatic rings. The third kappa shape index (κ3) is 2.95. The number of hydrogen-bond donors (Lipinski definition) is 2. The number of nitrogens with one attached hydrogen (secondary N) is 2. The van der Waals surface area contributed by atoms with Crippen molar-refractivity contribution < 1.29 is 0 Å². The van der Waals surface area contributed by atoms with Crippen molar-refractivity contribution in [3.8, 4) is 0 Å². The predicted octanol–water partition coefficient (Wildman–Crippen LogP) is 1.96. The largest absolute Gasteiger partial charge is 0.359 e. The summed E-state index contributed by atoms with van der Waals surface area (Å²) >= 11 is 5.74. The number of halogens is 1. The molecule has 0 bridgehead atoms. The van der Waals surface area contributed by atoms with Crippen LogP contribution >= 0.6 is 11.6 Å². The summed E-state index contributed by atoms with van der Waals surface area (Å²) in [7, 11) is 3.53. The van der Waals surface area contributed by atoms with E-state index in [2.05, 4.69) is 15.6 Å². The standard InChI is InChI=1S/C9H12ClN3/c1-11-9(12-2)13-8-5-3-7(10)4-6-8/h3-6H,1-2H3,(H2,11,12,13). The molecule has 0 aliphatic heterocycles. The van der Waals surface area contributed by atoms with Gasteiger partial charge in [0.25, 0.3) is 0 Å². The van der Waals surface area contributed by atoms with Crippen LogP contribution in [0.1, 0.15) is 0 Å². The molecular weight excluding hydrogens is 186 g/mol. The number of benzene rings is 1. The van der Waals surface area contributed by atoms with Crippen LogP contribution in [0.25, 0.3) is 0 Å². The normalized spacial score (nSPS) is 11.2. The molecule has 1 aromatic carbocycles. The van der Waals surface area contributed by atoms with Gasteiger partial charge in [0.2, 0.25) is 0 Å². The molecule has 0 fully saturated rings. The number of anilines is 1. The molecule has 0 amide bonds. The van der Waals surface area contributed by atoms with Crippen LogP contribution in [0.4, 0.5) is 5.69 Å². The van der Waals surface area contributed by atoms with Gasteiger partial charge in [0.05, 0.1) is 0 Å². The van der Waals surface area contributed by atoms with Crippen LogP contribution in [-0.4, -0.2) is 20.1 Å². The van der Waals surface area contributed by atoms with Gasteiger partial charge in [0.15, 0.2) is 5.96 Å². The maximum absolute atomic E-state index is 5.74. The minimum absolute atomic E-state index is 0.724. The topological polar surface area (TPSA) is 36.4 Å². The molecule has 0 radical (unpaired) electrons. The van der Waals surface area contributed by atoms with E-state index in [4.69, 9.17) is 11.6 Å². The van der Waals surface area contributed by atoms with Gasteiger partial charge in [0.1, 0.15) is 0 Å². The highest BCUT2D eigenvalue weighted by molar-refractivity contribution is 6.30. The minimum atomic E-state index is 0.724. The van der Waals surface area contributed by atoms with E-state index in [0.29, 0.717) is 0 Å². The molecule has 2 N–H and O–H groups in total. The van der Waals surface area contributed by atoms with Crippen LogP contribution in [0.2, 0.25) is 5.02 Å². The fourth-order valence-electron chi connectivity index (χ4n) is 0.900. The van der Waals surface area contributed by atoms with Crippen LogP contribution < -0.4 is 10.6 Å². The molecule has 0 unspecified atom stereocenters. The van der Waals surface area contributed by atoms with Crippen LogP contribution in [0, 0.1) is 0 Å². The molecule has 0 saturated carbocycles. The van der Waals surface area contributed by atoms with E-state index in [1.54, 1.807) is 7.05 Å². The first-order valence-electron chi connectivity index (χ1n) is 3.93. The molecule has 0 heterocycles. The van der Waals surface area contributed by atoms with E-state index >= 15 is 0 Å². The second-order valence-corrected chi connectivity index (χ2v) is 2.89. The highest BCUT2D eigenvalue weighted by Gasteiger charge is 1.94. The highest BCUT2D eigenvalue weighted by atomic mass is 35.5. The summed E-state index contributed by atoms with van der Waals surface area (Å²) in [4.78, 5) is 3.99. The summed E-state index contributed by atoms with van der Waals surface area (Å²) in [5, 5.41) is 6.73. The van der Waals surface area contributed by atoms with Crippen molar-refractivity contribution in [2.24, 2.45) is 4.99 Å². The molecule has 4 heteroatoms. The SMILES string of the molecule is C/N=C(\NC)Nc1ccc(Cl)cc1. The van der Waals surface area contributed by atoms with Crippen molar-refractivity contribution in [3.63, 3.8) is 0 Å². The Labute approximate surface area is 82.8 Å². The summed E-state index contributed by atoms with van der Waals surface area (Å²) in [5.41, 5.74) is 0.958. The fourth-order valence-corrected chi connectivity index (χ4v) is 1.03. The summed E-state index contributed by atoms with van der Waals surface area (Å²) in [6, 6.07) is 7.44. The van der Waals surface area contributed by atoms with E-state index in [1.165, 1.54) is 0 Å². The van der Waals surface area contributed by atoms with E-state index in [0.717, 1.165) is 16.7 Å². The van der Waals surface area contributed by atoms with Gasteiger partial charge in [0, 0.05) is 24.8 Å². The Morgan fingerprint density at radius 2 is 1.92 bits per heavy atom. The maximum Gasteiger partial charge on any atom is 0.195 e. The van der Waals surface area contributed by atoms with Crippen LogP contribution in [-0.2, 0) is 0 Å². The Balaban J connectivity index is 2.69. The van der Waals surface area contributed by atoms with E-state index in [-0.39, 0.29) is 0 Å². The number of rotatable bonds is 1. The average molecular weight is 198 g/mol. The molecule has 13 heavy (non-hydrogen) atoms. The van der Waals surface area contributed by atoms with Crippen molar-refractivity contribution >= 4 is 23.2 Å². The Bertz CT molecular complexity index is 292. The van der Waals surface area contributed by atoms with Crippen molar-refractivity contribution in [1.82, 2.24) is 5.32 Å². The maximum atomic E-state index is 5.74. The van der Waals surface area contributed by atoms with Crippen LogP contribution in [0.5, 0.6) is 0 Å². The van der Waals surface area contributed by atoms with Crippen molar-refractivity contribution in [3.05, 3.63) is 29.3 Å². The van der Waals surface area contributed by atoms with Crippen LogP contribution in [0.3, 0.4) is 0 Å². The number of guanidine groups is 1. The summed E-state index contributed by atoms with van der Waals surface area (Å²) in [6.45, 7) is 0. The van der Waals surface area contributed by atoms with Gasteiger partial charge in [-0.15, -0.1) is 0 Å². The van der Waals surface area contributed by atoms with Crippen LogP contribution in [0.15, 0.2) is 29.3 Å². The first-order chi connectivity index (χ1) is 6.26. The van der Waals surface area contributed by atoms with Gasteiger partial charge < -0.3 is 10.6 Å². The molecule has 0 spiro atoms. The first kappa shape index (κ1) is 9.86. The monoisotopic (exact) mass is 197 g/mol. The minimum Gasteiger partial charge on any atom is -0.359 e. The van der Waals surface area contributed by atoms with E-state index in [1.807, 2.05) is 31.3 Å². The van der Waals surface area contributed by atoms with E-state index in [9.17, 15) is 0 Å². The molecular formula is C9H12ClN3. The molecule has 3 nitrogen and oxygen atoms in total. The fraction of sp³-hybridized carbons (Fsp3) is 0.222. The smallest absolute Gasteiger partial charge is 0.195 e. The zero-order chi connectivity index (χ0) is 9.68. The quantitative estimate of drug-likeness (QED) is 0.534. The Morgan fingerprint density at radius 1 is 1.31 bits per heavy atom. The summed E-state index contributed by atoms with van der Waals surface area (Å²) < 4.78 is 0. The van der Waals surface area contributed by atoms with Gasteiger partial charge in [-0.05, 0) is 24.3 Å². The molecule has 70 valence electrons. The average Bonchev–Trinajstić information content (AvgIpc) is 2.17. The van der Waals surface area contributed by atoms with Gasteiger partial charge in [-0.2, -0.15) is 0 Å². The summed E-state index contributed by atoms with van der Waals surface area (Å²) in [6.07, 6.45) is 0. The number of aliphatic imine (C=N–C) groups is 1. The van der Waals surface area contributed by atoms with Gasteiger partial charge in [-0.25, -0.2) is 0 Å². The lowest BCUT2D eigenvalue weighted by molar-refractivity contribution is 1.14. The molecule has 0 saturated heterocycles. The molecule has 0 aromatic heterocycles. The number of hydrogen-bond acceptors (Lipinski definition) is 1. The lowest BCUT2D eigenvalue weighted by Gasteiger charge is -2.07. The third-order valence-electron chi connectivity index (χ3n) is 1.57. The first-order valence-corrected chi connectivity index (χ1v) is 4.31. The Hall–Kier alpha value is -1.22. The van der Waals surface area contributed by atoms with E-state index < -0.39 is 0 Å². The zero-order valence-electron chi connectivity index (χ0n) is 7.63. The molecule has 1 aromatic rings. The van der Waals surface area contributed by atoms with Gasteiger partial charge in [-0.3, -0.25) is 4.99 Å². The van der Waals surface area contributed by atoms with Crippen molar-refractivity contribution in [2.45, 2.75) is 0 Å². The predicted molar refractivity (Wildman–Crippen MR) is 57.5 cm³/mol. The van der Waals surface area contributed by atoms with Gasteiger partial charge >= 0.3 is 0 Å². The molecule has 0 atom stereocenters. The zero-order valence-corrected chi connectivity index (χ0v) is 8.39. The summed E-state index contributed by atoms with van der Waals surface area (Å²) in [5.74, 6) is 0.724. The lowest BCUT2D eigenvalue weighted by atomic mass is 10.3. The Morgan fingerprint density at radius 3 is 2.38 bits per heavy atom. The molecule has 1 rings (SSSR count). The number of nitrogens with zero attached hydrogens (tertiary/aromatic N) is 1. The van der Waals surface area contributed by atoms with Crippen molar-refractivity contribution in [1.29, 1.82) is 0 Å². The Kier molecular flexibility index (Phi) is 3.58. The third-order valence-corrected chi connectivity index (χ3v) is 1.82. The van der Waals surface area contributed by atoms with Crippen molar-refractivity contribution in [2.75, 3.05) is 19.4 Å². The molecule has 0 aliphatic carbocycles. The lowest BCUT2D eigenvalue weighted by Crippen LogP contribution is -2.26. The highest BCUT2D eigenvalue weighted by Crippen LogP contribution is 2.12. The second kappa shape index (κ2) is 4.72.